The number of amides is 1. The summed E-state index contributed by atoms with van der Waals surface area (Å²) in [6, 6.07) is 0. The van der Waals surface area contributed by atoms with Crippen LogP contribution in [0.25, 0.3) is 0 Å². The van der Waals surface area contributed by atoms with Crippen molar-refractivity contribution < 1.29 is 4.79 Å². The van der Waals surface area contributed by atoms with Gasteiger partial charge in [-0.1, -0.05) is 13.3 Å². The molecule has 1 rings (SSSR count). The molecule has 0 aromatic carbocycles. The number of rotatable bonds is 6. The molecule has 0 aliphatic carbocycles. The summed E-state index contributed by atoms with van der Waals surface area (Å²) in [5.74, 6) is 0.409. The number of nitrogens with one attached hydrogen (secondary N) is 1. The maximum atomic E-state index is 11.9. The van der Waals surface area contributed by atoms with E-state index in [1.54, 1.807) is 10.9 Å². The third-order valence-corrected chi connectivity index (χ3v) is 3.18. The Kier molecular flexibility index (Phi) is 5.15. The molecule has 0 fully saturated rings. The molecular formula is C12H22N4O. The van der Waals surface area contributed by atoms with E-state index in [1.807, 2.05) is 14.0 Å². The van der Waals surface area contributed by atoms with Gasteiger partial charge in [0.1, 0.15) is 0 Å². The number of nitrogens with two attached hydrogens (primary N) is 1. The van der Waals surface area contributed by atoms with Crippen molar-refractivity contribution in [3.63, 3.8) is 0 Å². The van der Waals surface area contributed by atoms with Gasteiger partial charge in [0.25, 0.3) is 5.91 Å². The standard InChI is InChI=1S/C12H22N4O/c1-4-10(5-6-13)7-14-12(17)11-8-15-16(3)9(11)2/h8,10H,4-7,13H2,1-3H3,(H,14,17). The molecule has 3 N–H and O–H groups in total. The van der Waals surface area contributed by atoms with Gasteiger partial charge in [-0.05, 0) is 25.8 Å². The van der Waals surface area contributed by atoms with E-state index in [9.17, 15) is 4.79 Å². The largest absolute Gasteiger partial charge is 0.352 e. The number of carbonyl (C=O) groups excluding carboxylic acids is 1. The molecule has 0 saturated heterocycles. The van der Waals surface area contributed by atoms with Crippen LogP contribution in [-0.2, 0) is 7.05 Å². The van der Waals surface area contributed by atoms with Crippen molar-refractivity contribution in [3.05, 3.63) is 17.5 Å². The second-order valence-electron chi connectivity index (χ2n) is 4.33. The quantitative estimate of drug-likeness (QED) is 0.771. The van der Waals surface area contributed by atoms with Crippen LogP contribution in [0.15, 0.2) is 6.20 Å². The van der Waals surface area contributed by atoms with Crippen LogP contribution < -0.4 is 11.1 Å². The van der Waals surface area contributed by atoms with Crippen LogP contribution in [-0.4, -0.2) is 28.8 Å². The predicted octanol–water partition coefficient (Wildman–Crippen LogP) is 0.833. The van der Waals surface area contributed by atoms with E-state index in [0.29, 0.717) is 24.6 Å². The first-order valence-corrected chi connectivity index (χ1v) is 6.07. The highest BCUT2D eigenvalue weighted by molar-refractivity contribution is 5.94. The molecule has 0 bridgehead atoms. The van der Waals surface area contributed by atoms with E-state index in [0.717, 1.165) is 18.5 Å². The Morgan fingerprint density at radius 1 is 1.65 bits per heavy atom. The van der Waals surface area contributed by atoms with E-state index < -0.39 is 0 Å². The predicted molar refractivity (Wildman–Crippen MR) is 67.7 cm³/mol. The third-order valence-electron chi connectivity index (χ3n) is 3.18. The van der Waals surface area contributed by atoms with Gasteiger partial charge in [0.15, 0.2) is 0 Å². The van der Waals surface area contributed by atoms with Crippen LogP contribution in [0.1, 0.15) is 35.8 Å². The van der Waals surface area contributed by atoms with Gasteiger partial charge < -0.3 is 11.1 Å². The molecule has 1 unspecified atom stereocenters. The highest BCUT2D eigenvalue weighted by Crippen LogP contribution is 2.08. The first kappa shape index (κ1) is 13.7. The zero-order valence-electron chi connectivity index (χ0n) is 10.9. The molecule has 0 saturated carbocycles. The van der Waals surface area contributed by atoms with Crippen molar-refractivity contribution in [2.75, 3.05) is 13.1 Å². The van der Waals surface area contributed by atoms with Gasteiger partial charge in [0, 0.05) is 19.3 Å². The summed E-state index contributed by atoms with van der Waals surface area (Å²) in [6.07, 6.45) is 3.58. The number of aromatic nitrogens is 2. The summed E-state index contributed by atoms with van der Waals surface area (Å²) < 4.78 is 1.70. The van der Waals surface area contributed by atoms with Gasteiger partial charge in [-0.2, -0.15) is 5.10 Å². The molecule has 5 heteroatoms. The fraction of sp³-hybridized carbons (Fsp3) is 0.667. The molecule has 1 amide bonds. The Hall–Kier alpha value is -1.36. The molecule has 1 atom stereocenters. The van der Waals surface area contributed by atoms with Crippen LogP contribution in [0.2, 0.25) is 0 Å². The smallest absolute Gasteiger partial charge is 0.254 e. The van der Waals surface area contributed by atoms with Crippen LogP contribution in [0.5, 0.6) is 0 Å². The minimum atomic E-state index is -0.0499. The van der Waals surface area contributed by atoms with Crippen LogP contribution in [0.4, 0.5) is 0 Å². The lowest BCUT2D eigenvalue weighted by Gasteiger charge is -2.14. The van der Waals surface area contributed by atoms with Gasteiger partial charge in [-0.3, -0.25) is 9.48 Å². The zero-order valence-corrected chi connectivity index (χ0v) is 10.9. The molecule has 5 nitrogen and oxygen atoms in total. The third kappa shape index (κ3) is 3.56. The van der Waals surface area contributed by atoms with Crippen LogP contribution >= 0.6 is 0 Å². The number of hydrogen-bond donors (Lipinski definition) is 2. The van der Waals surface area contributed by atoms with Crippen molar-refractivity contribution in [2.24, 2.45) is 18.7 Å². The number of hydrogen-bond acceptors (Lipinski definition) is 3. The Labute approximate surface area is 102 Å². The van der Waals surface area contributed by atoms with E-state index in [4.69, 9.17) is 5.73 Å². The first-order valence-electron chi connectivity index (χ1n) is 6.07. The molecular weight excluding hydrogens is 216 g/mol. The fourth-order valence-corrected chi connectivity index (χ4v) is 1.74. The molecule has 0 aliphatic rings. The van der Waals surface area contributed by atoms with Crippen LogP contribution in [0.3, 0.4) is 0 Å². The second kappa shape index (κ2) is 6.39. The van der Waals surface area contributed by atoms with Gasteiger partial charge in [-0.15, -0.1) is 0 Å². The number of nitrogens with zero attached hydrogens (tertiary/aromatic N) is 2. The van der Waals surface area contributed by atoms with Gasteiger partial charge in [-0.25, -0.2) is 0 Å². The normalized spacial score (nSPS) is 12.5. The maximum Gasteiger partial charge on any atom is 0.254 e. The number of carbonyl (C=O) groups is 1. The Morgan fingerprint density at radius 3 is 2.82 bits per heavy atom. The summed E-state index contributed by atoms with van der Waals surface area (Å²) in [5.41, 5.74) is 7.06. The molecule has 1 aromatic heterocycles. The fourth-order valence-electron chi connectivity index (χ4n) is 1.74. The Balaban J connectivity index is 2.52. The lowest BCUT2D eigenvalue weighted by molar-refractivity contribution is 0.0945. The summed E-state index contributed by atoms with van der Waals surface area (Å²) in [7, 11) is 1.83. The van der Waals surface area contributed by atoms with E-state index in [2.05, 4.69) is 17.3 Å². The van der Waals surface area contributed by atoms with Crippen molar-refractivity contribution >= 4 is 5.91 Å². The highest BCUT2D eigenvalue weighted by atomic mass is 16.1. The lowest BCUT2D eigenvalue weighted by Crippen LogP contribution is -2.30. The minimum Gasteiger partial charge on any atom is -0.352 e. The zero-order chi connectivity index (χ0) is 12.8. The molecule has 1 aromatic rings. The van der Waals surface area contributed by atoms with Gasteiger partial charge in [0.05, 0.1) is 11.8 Å². The monoisotopic (exact) mass is 238 g/mol. The van der Waals surface area contributed by atoms with E-state index in [-0.39, 0.29) is 5.91 Å². The Morgan fingerprint density at radius 2 is 2.35 bits per heavy atom. The average molecular weight is 238 g/mol. The highest BCUT2D eigenvalue weighted by Gasteiger charge is 2.14. The van der Waals surface area contributed by atoms with Gasteiger partial charge in [0.2, 0.25) is 0 Å². The summed E-state index contributed by atoms with van der Waals surface area (Å²) in [5, 5.41) is 7.00. The molecule has 0 spiro atoms. The van der Waals surface area contributed by atoms with Crippen molar-refractivity contribution in [3.8, 4) is 0 Å². The summed E-state index contributed by atoms with van der Waals surface area (Å²) in [4.78, 5) is 11.9. The molecule has 0 aliphatic heterocycles. The molecule has 17 heavy (non-hydrogen) atoms. The topological polar surface area (TPSA) is 72.9 Å². The lowest BCUT2D eigenvalue weighted by atomic mass is 10.0. The van der Waals surface area contributed by atoms with Crippen molar-refractivity contribution in [1.82, 2.24) is 15.1 Å². The molecule has 0 radical (unpaired) electrons. The van der Waals surface area contributed by atoms with E-state index >= 15 is 0 Å². The summed E-state index contributed by atoms with van der Waals surface area (Å²) >= 11 is 0. The minimum absolute atomic E-state index is 0.0499. The van der Waals surface area contributed by atoms with Crippen molar-refractivity contribution in [2.45, 2.75) is 26.7 Å². The van der Waals surface area contributed by atoms with E-state index in [1.165, 1.54) is 0 Å². The maximum absolute atomic E-state index is 11.9. The van der Waals surface area contributed by atoms with Crippen LogP contribution in [0, 0.1) is 12.8 Å². The molecule has 1 heterocycles. The Bertz CT molecular complexity index is 373. The first-order chi connectivity index (χ1) is 8.10. The van der Waals surface area contributed by atoms with Crippen molar-refractivity contribution in [1.29, 1.82) is 0 Å². The molecule has 96 valence electrons. The SMILES string of the molecule is CCC(CCN)CNC(=O)c1cnn(C)c1C. The summed E-state index contributed by atoms with van der Waals surface area (Å²) in [6.45, 7) is 5.35. The second-order valence-corrected chi connectivity index (χ2v) is 4.33. The average Bonchev–Trinajstić information content (AvgIpc) is 2.65. The number of aryl methyl sites for hydroxylation is 1. The van der Waals surface area contributed by atoms with Gasteiger partial charge >= 0.3 is 0 Å².